The SMILES string of the molecule is COC1(C)Cc2c(ccc3oc(C)c(C)c(=O)c23)CO1. The van der Waals surface area contributed by atoms with E-state index in [2.05, 4.69) is 0 Å². The molecule has 20 heavy (non-hydrogen) atoms. The first-order valence-electron chi connectivity index (χ1n) is 6.69. The molecule has 1 aromatic heterocycles. The van der Waals surface area contributed by atoms with E-state index in [1.165, 1.54) is 0 Å². The van der Waals surface area contributed by atoms with Crippen LogP contribution in [0.2, 0.25) is 0 Å². The van der Waals surface area contributed by atoms with Crippen LogP contribution in [0.15, 0.2) is 21.3 Å². The molecular weight excluding hydrogens is 256 g/mol. The van der Waals surface area contributed by atoms with Gasteiger partial charge in [-0.1, -0.05) is 6.07 Å². The number of fused-ring (bicyclic) bond motifs is 3. The Hall–Kier alpha value is -1.65. The maximum Gasteiger partial charge on any atom is 0.196 e. The van der Waals surface area contributed by atoms with Crippen molar-refractivity contribution in [1.82, 2.24) is 0 Å². The average Bonchev–Trinajstić information content (AvgIpc) is 2.44. The van der Waals surface area contributed by atoms with Crippen molar-refractivity contribution >= 4 is 11.0 Å². The number of hydrogen-bond donors (Lipinski definition) is 0. The van der Waals surface area contributed by atoms with Gasteiger partial charge in [-0.3, -0.25) is 4.79 Å². The summed E-state index contributed by atoms with van der Waals surface area (Å²) in [5, 5.41) is 0.664. The topological polar surface area (TPSA) is 48.7 Å². The van der Waals surface area contributed by atoms with Gasteiger partial charge in [-0.05, 0) is 38.0 Å². The lowest BCUT2D eigenvalue weighted by Gasteiger charge is -2.34. The summed E-state index contributed by atoms with van der Waals surface area (Å²) in [5.41, 5.74) is 3.35. The molecule has 2 heterocycles. The highest BCUT2D eigenvalue weighted by molar-refractivity contribution is 5.82. The van der Waals surface area contributed by atoms with E-state index in [4.69, 9.17) is 13.9 Å². The number of rotatable bonds is 1. The molecule has 1 atom stereocenters. The molecule has 0 fully saturated rings. The summed E-state index contributed by atoms with van der Waals surface area (Å²) in [7, 11) is 1.62. The Balaban J connectivity index is 2.33. The molecule has 106 valence electrons. The molecule has 0 saturated carbocycles. The third-order valence-electron chi connectivity index (χ3n) is 4.19. The van der Waals surface area contributed by atoms with Crippen molar-refractivity contribution < 1.29 is 13.9 Å². The third-order valence-corrected chi connectivity index (χ3v) is 4.19. The Morgan fingerprint density at radius 1 is 1.30 bits per heavy atom. The maximum absolute atomic E-state index is 12.6. The van der Waals surface area contributed by atoms with Crippen molar-refractivity contribution in [3.63, 3.8) is 0 Å². The molecule has 0 N–H and O–H groups in total. The number of hydrogen-bond acceptors (Lipinski definition) is 4. The Morgan fingerprint density at radius 3 is 2.75 bits per heavy atom. The van der Waals surface area contributed by atoms with Gasteiger partial charge in [0.25, 0.3) is 0 Å². The lowest BCUT2D eigenvalue weighted by Crippen LogP contribution is -2.37. The Bertz CT molecular complexity index is 744. The molecule has 2 aromatic rings. The lowest BCUT2D eigenvalue weighted by atomic mass is 9.93. The molecule has 1 aliphatic heterocycles. The molecule has 4 nitrogen and oxygen atoms in total. The molecule has 1 aromatic carbocycles. The highest BCUT2D eigenvalue weighted by Crippen LogP contribution is 2.32. The molecule has 0 bridgehead atoms. The zero-order valence-electron chi connectivity index (χ0n) is 12.2. The molecule has 0 radical (unpaired) electrons. The number of aryl methyl sites for hydroxylation is 1. The zero-order valence-corrected chi connectivity index (χ0v) is 12.2. The average molecular weight is 274 g/mol. The monoisotopic (exact) mass is 274 g/mol. The van der Waals surface area contributed by atoms with Crippen molar-refractivity contribution in [2.75, 3.05) is 7.11 Å². The molecular formula is C16H18O4. The van der Waals surface area contributed by atoms with Crippen molar-refractivity contribution in [3.8, 4) is 0 Å². The summed E-state index contributed by atoms with van der Waals surface area (Å²) in [5.74, 6) is -0.0176. The van der Waals surface area contributed by atoms with Gasteiger partial charge in [0.2, 0.25) is 0 Å². The molecule has 0 amide bonds. The number of benzene rings is 1. The first kappa shape index (κ1) is 13.3. The standard InChI is InChI=1S/C16H18O4/c1-9-10(2)20-13-6-5-11-8-19-16(3,18-4)7-12(11)14(13)15(9)17/h5-6H,7-8H2,1-4H3. The molecule has 4 heteroatoms. The first-order valence-corrected chi connectivity index (χ1v) is 6.69. The summed E-state index contributed by atoms with van der Waals surface area (Å²) in [6.45, 7) is 5.95. The second-order valence-electron chi connectivity index (χ2n) is 5.49. The fourth-order valence-electron chi connectivity index (χ4n) is 2.66. The van der Waals surface area contributed by atoms with E-state index in [-0.39, 0.29) is 5.43 Å². The lowest BCUT2D eigenvalue weighted by molar-refractivity contribution is -0.222. The fraction of sp³-hybridized carbons (Fsp3) is 0.438. The van der Waals surface area contributed by atoms with E-state index in [1.54, 1.807) is 14.0 Å². The van der Waals surface area contributed by atoms with Gasteiger partial charge in [0, 0.05) is 19.1 Å². The Labute approximate surface area is 117 Å². The Kier molecular flexibility index (Phi) is 2.96. The third kappa shape index (κ3) is 1.87. The van der Waals surface area contributed by atoms with E-state index in [0.29, 0.717) is 35.3 Å². The van der Waals surface area contributed by atoms with Crippen LogP contribution < -0.4 is 5.43 Å². The van der Waals surface area contributed by atoms with Gasteiger partial charge in [0.1, 0.15) is 11.3 Å². The second-order valence-corrected chi connectivity index (χ2v) is 5.49. The van der Waals surface area contributed by atoms with Crippen molar-refractivity contribution in [1.29, 1.82) is 0 Å². The van der Waals surface area contributed by atoms with Gasteiger partial charge in [0.15, 0.2) is 11.2 Å². The van der Waals surface area contributed by atoms with Gasteiger partial charge in [-0.2, -0.15) is 0 Å². The van der Waals surface area contributed by atoms with Crippen LogP contribution in [-0.2, 0) is 22.5 Å². The van der Waals surface area contributed by atoms with Crippen LogP contribution in [0.1, 0.15) is 29.4 Å². The van der Waals surface area contributed by atoms with E-state index in [0.717, 1.165) is 11.1 Å². The van der Waals surface area contributed by atoms with Crippen LogP contribution in [0.3, 0.4) is 0 Å². The van der Waals surface area contributed by atoms with Crippen LogP contribution in [0.5, 0.6) is 0 Å². The largest absolute Gasteiger partial charge is 0.461 e. The van der Waals surface area contributed by atoms with Gasteiger partial charge in [0.05, 0.1) is 12.0 Å². The van der Waals surface area contributed by atoms with Gasteiger partial charge in [-0.15, -0.1) is 0 Å². The molecule has 0 aliphatic carbocycles. The molecule has 3 rings (SSSR count). The molecule has 1 aliphatic rings. The molecule has 0 spiro atoms. The number of ether oxygens (including phenoxy) is 2. The van der Waals surface area contributed by atoms with E-state index in [1.807, 2.05) is 26.0 Å². The van der Waals surface area contributed by atoms with Crippen LogP contribution in [0.25, 0.3) is 11.0 Å². The minimum Gasteiger partial charge on any atom is -0.461 e. The summed E-state index contributed by atoms with van der Waals surface area (Å²) < 4.78 is 16.9. The van der Waals surface area contributed by atoms with Crippen LogP contribution in [-0.4, -0.2) is 12.9 Å². The minimum atomic E-state index is -0.688. The van der Waals surface area contributed by atoms with Crippen molar-refractivity contribution in [2.45, 2.75) is 39.6 Å². The fourth-order valence-corrected chi connectivity index (χ4v) is 2.66. The van der Waals surface area contributed by atoms with Crippen LogP contribution in [0, 0.1) is 13.8 Å². The highest BCUT2D eigenvalue weighted by atomic mass is 16.7. The summed E-state index contributed by atoms with van der Waals surface area (Å²) in [6.07, 6.45) is 0.545. The number of methoxy groups -OCH3 is 1. The normalized spacial score (nSPS) is 22.0. The van der Waals surface area contributed by atoms with E-state index >= 15 is 0 Å². The van der Waals surface area contributed by atoms with Gasteiger partial charge in [-0.25, -0.2) is 0 Å². The second kappa shape index (κ2) is 4.43. The van der Waals surface area contributed by atoms with Gasteiger partial charge >= 0.3 is 0 Å². The predicted octanol–water partition coefficient (Wildman–Crippen LogP) is 2.85. The summed E-state index contributed by atoms with van der Waals surface area (Å²) >= 11 is 0. The summed E-state index contributed by atoms with van der Waals surface area (Å²) in [4.78, 5) is 12.6. The van der Waals surface area contributed by atoms with E-state index < -0.39 is 5.79 Å². The van der Waals surface area contributed by atoms with Crippen molar-refractivity contribution in [2.24, 2.45) is 0 Å². The highest BCUT2D eigenvalue weighted by Gasteiger charge is 2.32. The predicted molar refractivity (Wildman–Crippen MR) is 75.9 cm³/mol. The van der Waals surface area contributed by atoms with Crippen molar-refractivity contribution in [3.05, 3.63) is 44.8 Å². The first-order chi connectivity index (χ1) is 9.45. The molecule has 1 unspecified atom stereocenters. The smallest absolute Gasteiger partial charge is 0.196 e. The maximum atomic E-state index is 12.6. The van der Waals surface area contributed by atoms with Crippen LogP contribution in [0.4, 0.5) is 0 Å². The quantitative estimate of drug-likeness (QED) is 0.802. The zero-order chi connectivity index (χ0) is 14.5. The minimum absolute atomic E-state index is 0.0425. The van der Waals surface area contributed by atoms with Gasteiger partial charge < -0.3 is 13.9 Å². The summed E-state index contributed by atoms with van der Waals surface area (Å²) in [6, 6.07) is 3.81. The van der Waals surface area contributed by atoms with E-state index in [9.17, 15) is 4.79 Å². The van der Waals surface area contributed by atoms with Crippen LogP contribution >= 0.6 is 0 Å². The Morgan fingerprint density at radius 2 is 2.05 bits per heavy atom. The molecule has 0 saturated heterocycles.